The summed E-state index contributed by atoms with van der Waals surface area (Å²) < 4.78 is 28.1. The number of piperazine rings is 1. The van der Waals surface area contributed by atoms with Crippen molar-refractivity contribution >= 4 is 11.8 Å². The molecule has 2 rings (SSSR count). The largest absolute Gasteiger partial charge is 0.353 e. The number of hydrogen-bond donors (Lipinski definition) is 1. The van der Waals surface area contributed by atoms with E-state index in [9.17, 15) is 18.4 Å². The molecule has 1 aromatic rings. The highest BCUT2D eigenvalue weighted by Crippen LogP contribution is 2.22. The highest BCUT2D eigenvalue weighted by Gasteiger charge is 2.36. The molecule has 122 valence electrons. The van der Waals surface area contributed by atoms with Crippen molar-refractivity contribution in [1.29, 1.82) is 5.26 Å². The monoisotopic (exact) mass is 321 g/mol. The average molecular weight is 321 g/mol. The molecule has 1 aliphatic heterocycles. The van der Waals surface area contributed by atoms with Crippen molar-refractivity contribution in [2.24, 2.45) is 5.92 Å². The molecule has 1 aliphatic rings. The van der Waals surface area contributed by atoms with Crippen LogP contribution in [-0.2, 0) is 4.79 Å². The third-order valence-electron chi connectivity index (χ3n) is 3.67. The number of carbonyl (C=O) groups is 2. The van der Waals surface area contributed by atoms with Crippen molar-refractivity contribution in [3.05, 3.63) is 34.9 Å². The number of hydrogen-bond acceptors (Lipinski definition) is 3. The molecule has 23 heavy (non-hydrogen) atoms. The van der Waals surface area contributed by atoms with Gasteiger partial charge in [0.1, 0.15) is 23.2 Å². The normalized spacial score (nSPS) is 17.8. The molecule has 5 nitrogen and oxygen atoms in total. The molecule has 0 aliphatic carbocycles. The second-order valence-corrected chi connectivity index (χ2v) is 5.86. The number of halogens is 2. The quantitative estimate of drug-likeness (QED) is 0.923. The van der Waals surface area contributed by atoms with E-state index in [0.29, 0.717) is 6.42 Å². The van der Waals surface area contributed by atoms with Crippen LogP contribution in [0.3, 0.4) is 0 Å². The molecular formula is C16H17F2N3O2. The Morgan fingerprint density at radius 3 is 2.57 bits per heavy atom. The van der Waals surface area contributed by atoms with Gasteiger partial charge in [0.25, 0.3) is 5.91 Å². The summed E-state index contributed by atoms with van der Waals surface area (Å²) in [6.45, 7) is 4.21. The summed E-state index contributed by atoms with van der Waals surface area (Å²) in [5.41, 5.74) is -0.931. The third kappa shape index (κ3) is 3.47. The Bertz CT molecular complexity index is 659. The van der Waals surface area contributed by atoms with Crippen molar-refractivity contribution in [2.45, 2.75) is 26.3 Å². The lowest BCUT2D eigenvalue weighted by Gasteiger charge is -2.36. The van der Waals surface area contributed by atoms with Gasteiger partial charge in [0.15, 0.2) is 0 Å². The average Bonchev–Trinajstić information content (AvgIpc) is 2.47. The van der Waals surface area contributed by atoms with Gasteiger partial charge in [-0.3, -0.25) is 9.59 Å². The Kier molecular flexibility index (Phi) is 4.94. The first-order valence-electron chi connectivity index (χ1n) is 7.33. The molecule has 1 saturated heterocycles. The summed E-state index contributed by atoms with van der Waals surface area (Å²) in [6, 6.07) is 2.50. The van der Waals surface area contributed by atoms with E-state index in [4.69, 9.17) is 5.26 Å². The molecule has 7 heteroatoms. The number of nitrogens with zero attached hydrogens (tertiary/aromatic N) is 2. The van der Waals surface area contributed by atoms with Crippen LogP contribution in [0, 0.1) is 28.9 Å². The molecule has 0 unspecified atom stereocenters. The van der Waals surface area contributed by atoms with E-state index in [0.717, 1.165) is 12.1 Å². The molecule has 0 radical (unpaired) electrons. The van der Waals surface area contributed by atoms with Gasteiger partial charge in [0.2, 0.25) is 5.91 Å². The van der Waals surface area contributed by atoms with Crippen LogP contribution >= 0.6 is 0 Å². The van der Waals surface area contributed by atoms with Crippen LogP contribution in [0.2, 0.25) is 0 Å². The zero-order valence-corrected chi connectivity index (χ0v) is 12.9. The van der Waals surface area contributed by atoms with Gasteiger partial charge in [-0.15, -0.1) is 0 Å². The Morgan fingerprint density at radius 2 is 2.04 bits per heavy atom. The Hall–Kier alpha value is -2.49. The Balaban J connectivity index is 2.38. The van der Waals surface area contributed by atoms with E-state index in [2.05, 4.69) is 5.32 Å². The molecule has 1 fully saturated rings. The van der Waals surface area contributed by atoms with Crippen molar-refractivity contribution in [1.82, 2.24) is 10.2 Å². The Morgan fingerprint density at radius 1 is 1.43 bits per heavy atom. The zero-order valence-electron chi connectivity index (χ0n) is 12.9. The summed E-state index contributed by atoms with van der Waals surface area (Å²) in [5, 5.41) is 11.4. The number of amides is 2. The van der Waals surface area contributed by atoms with Crippen molar-refractivity contribution in [2.75, 3.05) is 13.1 Å². The highest BCUT2D eigenvalue weighted by atomic mass is 19.1. The number of nitrogens with one attached hydrogen (secondary N) is 1. The molecule has 0 aromatic heterocycles. The molecule has 0 saturated carbocycles. The van der Waals surface area contributed by atoms with E-state index in [-0.39, 0.29) is 30.5 Å². The number of rotatable bonds is 3. The predicted octanol–water partition coefficient (Wildman–Crippen LogP) is 1.82. The van der Waals surface area contributed by atoms with E-state index >= 15 is 0 Å². The maximum absolute atomic E-state index is 14.1. The smallest absolute Gasteiger partial charge is 0.260 e. The first-order chi connectivity index (χ1) is 10.8. The van der Waals surface area contributed by atoms with Crippen molar-refractivity contribution in [3.8, 4) is 6.07 Å². The molecule has 0 bridgehead atoms. The zero-order chi connectivity index (χ0) is 17.1. The van der Waals surface area contributed by atoms with Crippen LogP contribution < -0.4 is 5.32 Å². The SMILES string of the molecule is CC(C)C[C@H]1C(=O)NCCN1C(=O)c1c(F)cc(C#N)cc1F. The fourth-order valence-electron chi connectivity index (χ4n) is 2.62. The van der Waals surface area contributed by atoms with Crippen molar-refractivity contribution < 1.29 is 18.4 Å². The van der Waals surface area contributed by atoms with Crippen LogP contribution in [-0.4, -0.2) is 35.8 Å². The number of benzene rings is 1. The minimum Gasteiger partial charge on any atom is -0.353 e. The van der Waals surface area contributed by atoms with Crippen molar-refractivity contribution in [3.63, 3.8) is 0 Å². The van der Waals surface area contributed by atoms with Crippen LogP contribution in [0.4, 0.5) is 8.78 Å². The van der Waals surface area contributed by atoms with Crippen LogP contribution in [0.25, 0.3) is 0 Å². The van der Waals surface area contributed by atoms with Gasteiger partial charge in [-0.1, -0.05) is 13.8 Å². The second kappa shape index (κ2) is 6.73. The van der Waals surface area contributed by atoms with Gasteiger partial charge >= 0.3 is 0 Å². The van der Waals surface area contributed by atoms with E-state index in [1.54, 1.807) is 6.07 Å². The van der Waals surface area contributed by atoms with Gasteiger partial charge in [0, 0.05) is 13.1 Å². The molecule has 1 heterocycles. The first kappa shape index (κ1) is 16.9. The topological polar surface area (TPSA) is 73.2 Å². The standard InChI is InChI=1S/C16H17F2N3O2/c1-9(2)5-13-15(22)20-3-4-21(13)16(23)14-11(17)6-10(8-19)7-12(14)18/h6-7,9,13H,3-5H2,1-2H3,(H,20,22)/t13-/m0/s1. The highest BCUT2D eigenvalue weighted by molar-refractivity contribution is 5.98. The lowest BCUT2D eigenvalue weighted by Crippen LogP contribution is -2.57. The van der Waals surface area contributed by atoms with E-state index < -0.39 is 29.1 Å². The summed E-state index contributed by atoms with van der Waals surface area (Å²) in [7, 11) is 0. The maximum Gasteiger partial charge on any atom is 0.260 e. The summed E-state index contributed by atoms with van der Waals surface area (Å²) in [5.74, 6) is -3.26. The summed E-state index contributed by atoms with van der Waals surface area (Å²) in [4.78, 5) is 25.8. The minimum absolute atomic E-state index is 0.134. The van der Waals surface area contributed by atoms with Crippen LogP contribution in [0.1, 0.15) is 36.2 Å². The molecule has 1 N–H and O–H groups in total. The lowest BCUT2D eigenvalue weighted by atomic mass is 9.98. The van der Waals surface area contributed by atoms with Gasteiger partial charge in [-0.05, 0) is 24.5 Å². The minimum atomic E-state index is -1.10. The molecular weight excluding hydrogens is 304 g/mol. The van der Waals surface area contributed by atoms with Crippen LogP contribution in [0.5, 0.6) is 0 Å². The fraction of sp³-hybridized carbons (Fsp3) is 0.438. The Labute approximate surface area is 132 Å². The lowest BCUT2D eigenvalue weighted by molar-refractivity contribution is -0.128. The van der Waals surface area contributed by atoms with E-state index in [1.807, 2.05) is 13.8 Å². The predicted molar refractivity (Wildman–Crippen MR) is 78.4 cm³/mol. The van der Waals surface area contributed by atoms with Crippen LogP contribution in [0.15, 0.2) is 12.1 Å². The van der Waals surface area contributed by atoms with Gasteiger partial charge in [-0.25, -0.2) is 8.78 Å². The van der Waals surface area contributed by atoms with E-state index in [1.165, 1.54) is 4.90 Å². The number of nitriles is 1. The second-order valence-electron chi connectivity index (χ2n) is 5.86. The first-order valence-corrected chi connectivity index (χ1v) is 7.33. The summed E-state index contributed by atoms with van der Waals surface area (Å²) in [6.07, 6.45) is 0.400. The molecule has 0 spiro atoms. The molecule has 2 amide bonds. The third-order valence-corrected chi connectivity index (χ3v) is 3.67. The number of carbonyl (C=O) groups excluding carboxylic acids is 2. The van der Waals surface area contributed by atoms with Gasteiger partial charge < -0.3 is 10.2 Å². The summed E-state index contributed by atoms with van der Waals surface area (Å²) >= 11 is 0. The molecule has 1 atom stereocenters. The molecule has 1 aromatic carbocycles. The van der Waals surface area contributed by atoms with Gasteiger partial charge in [0.05, 0.1) is 11.6 Å². The fourth-order valence-corrected chi connectivity index (χ4v) is 2.62. The maximum atomic E-state index is 14.1. The van der Waals surface area contributed by atoms with Gasteiger partial charge in [-0.2, -0.15) is 5.26 Å².